The van der Waals surface area contributed by atoms with Crippen LogP contribution in [-0.2, 0) is 16.0 Å². The number of fused-ring (bicyclic) bond motifs is 1. The summed E-state index contributed by atoms with van der Waals surface area (Å²) in [6, 6.07) is 9.88. The van der Waals surface area contributed by atoms with Crippen molar-refractivity contribution in [2.45, 2.75) is 46.2 Å². The van der Waals surface area contributed by atoms with Gasteiger partial charge in [0.05, 0.1) is 13.2 Å². The van der Waals surface area contributed by atoms with Crippen molar-refractivity contribution >= 4 is 23.2 Å². The van der Waals surface area contributed by atoms with Crippen LogP contribution in [0, 0.1) is 5.92 Å². The zero-order valence-electron chi connectivity index (χ0n) is 17.8. The Morgan fingerprint density at radius 1 is 1.17 bits per heavy atom. The van der Waals surface area contributed by atoms with E-state index in [1.807, 2.05) is 56.9 Å². The molecule has 2 heterocycles. The monoisotopic (exact) mass is 414 g/mol. The Labute approximate surface area is 177 Å². The second-order valence-corrected chi connectivity index (χ2v) is 9.03. The Morgan fingerprint density at radius 2 is 1.86 bits per heavy atom. The summed E-state index contributed by atoms with van der Waals surface area (Å²) in [6.45, 7) is 8.44. The summed E-state index contributed by atoms with van der Waals surface area (Å²) < 4.78 is 5.29. The molecule has 0 spiro atoms. The molecule has 0 saturated carbocycles. The van der Waals surface area contributed by atoms with Crippen LogP contribution in [0.5, 0.6) is 5.75 Å². The van der Waals surface area contributed by atoms with E-state index in [1.165, 1.54) is 10.4 Å². The van der Waals surface area contributed by atoms with Crippen LogP contribution in [0.1, 0.15) is 49.7 Å². The molecule has 156 valence electrons. The normalized spacial score (nSPS) is 16.1. The van der Waals surface area contributed by atoms with Gasteiger partial charge in [-0.15, -0.1) is 11.3 Å². The summed E-state index contributed by atoms with van der Waals surface area (Å²) in [4.78, 5) is 31.0. The lowest BCUT2D eigenvalue weighted by molar-refractivity contribution is -0.145. The number of hydrogen-bond acceptors (Lipinski definition) is 4. The van der Waals surface area contributed by atoms with E-state index in [2.05, 4.69) is 11.4 Å². The molecule has 0 aliphatic carbocycles. The van der Waals surface area contributed by atoms with Gasteiger partial charge in [-0.05, 0) is 55.0 Å². The van der Waals surface area contributed by atoms with Crippen LogP contribution in [0.15, 0.2) is 35.7 Å². The third kappa shape index (κ3) is 4.47. The lowest BCUT2D eigenvalue weighted by Gasteiger charge is -2.38. The number of carbonyl (C=O) groups is 2. The highest BCUT2D eigenvalue weighted by Crippen LogP contribution is 2.38. The number of thiophene rings is 1. The second kappa shape index (κ2) is 8.99. The smallest absolute Gasteiger partial charge is 0.243 e. The Balaban J connectivity index is 1.91. The third-order valence-corrected chi connectivity index (χ3v) is 6.42. The SMILES string of the molecule is COc1ccc(C2c3ccsc3CCN2C(=O)CN(C(=O)C(C)C)C(C)C)cc1. The number of ether oxygens (including phenoxy) is 1. The van der Waals surface area contributed by atoms with E-state index in [4.69, 9.17) is 4.74 Å². The third-order valence-electron chi connectivity index (χ3n) is 5.42. The molecule has 6 heteroatoms. The molecule has 2 amide bonds. The van der Waals surface area contributed by atoms with Crippen molar-refractivity contribution < 1.29 is 14.3 Å². The molecule has 0 N–H and O–H groups in total. The van der Waals surface area contributed by atoms with E-state index in [1.54, 1.807) is 23.3 Å². The van der Waals surface area contributed by atoms with Crippen LogP contribution in [0.25, 0.3) is 0 Å². The molecule has 0 bridgehead atoms. The fourth-order valence-corrected chi connectivity index (χ4v) is 4.72. The first kappa shape index (κ1) is 21.4. The van der Waals surface area contributed by atoms with Gasteiger partial charge in [-0.3, -0.25) is 9.59 Å². The lowest BCUT2D eigenvalue weighted by Crippen LogP contribution is -2.49. The molecule has 1 aliphatic rings. The highest BCUT2D eigenvalue weighted by Gasteiger charge is 2.34. The van der Waals surface area contributed by atoms with E-state index >= 15 is 0 Å². The summed E-state index contributed by atoms with van der Waals surface area (Å²) in [7, 11) is 1.65. The van der Waals surface area contributed by atoms with Crippen molar-refractivity contribution in [3.05, 3.63) is 51.7 Å². The van der Waals surface area contributed by atoms with Crippen LogP contribution in [-0.4, -0.2) is 47.9 Å². The fraction of sp³-hybridized carbons (Fsp3) is 0.478. The first-order valence-electron chi connectivity index (χ1n) is 10.1. The standard InChI is InChI=1S/C23H30N2O3S/c1-15(2)23(27)25(16(3)4)14-21(26)24-12-10-20-19(11-13-29-20)22(24)17-6-8-18(28-5)9-7-17/h6-9,11,13,15-16,22H,10,12,14H2,1-5H3. The van der Waals surface area contributed by atoms with Crippen molar-refractivity contribution in [1.82, 2.24) is 9.80 Å². The Morgan fingerprint density at radius 3 is 2.45 bits per heavy atom. The summed E-state index contributed by atoms with van der Waals surface area (Å²) in [5.74, 6) is 0.668. The molecule has 5 nitrogen and oxygen atoms in total. The highest BCUT2D eigenvalue weighted by molar-refractivity contribution is 7.10. The summed E-state index contributed by atoms with van der Waals surface area (Å²) >= 11 is 1.75. The topological polar surface area (TPSA) is 49.9 Å². The van der Waals surface area contributed by atoms with Crippen molar-refractivity contribution in [3.8, 4) is 5.75 Å². The number of rotatable bonds is 6. The minimum absolute atomic E-state index is 0.00892. The zero-order valence-corrected chi connectivity index (χ0v) is 18.7. The van der Waals surface area contributed by atoms with Gasteiger partial charge in [-0.1, -0.05) is 26.0 Å². The number of methoxy groups -OCH3 is 1. The zero-order chi connectivity index (χ0) is 21.1. The van der Waals surface area contributed by atoms with E-state index in [-0.39, 0.29) is 36.4 Å². The quantitative estimate of drug-likeness (QED) is 0.714. The number of benzene rings is 1. The van der Waals surface area contributed by atoms with E-state index in [0.717, 1.165) is 17.7 Å². The van der Waals surface area contributed by atoms with Crippen molar-refractivity contribution in [1.29, 1.82) is 0 Å². The molecule has 3 rings (SSSR count). The summed E-state index contributed by atoms with van der Waals surface area (Å²) in [5, 5.41) is 2.10. The first-order chi connectivity index (χ1) is 13.8. The molecule has 1 aromatic heterocycles. The molecule has 1 aromatic carbocycles. The molecule has 29 heavy (non-hydrogen) atoms. The van der Waals surface area contributed by atoms with Gasteiger partial charge in [-0.25, -0.2) is 0 Å². The maximum absolute atomic E-state index is 13.4. The van der Waals surface area contributed by atoms with Crippen molar-refractivity contribution in [2.24, 2.45) is 5.92 Å². The largest absolute Gasteiger partial charge is 0.497 e. The Hall–Kier alpha value is -2.34. The molecule has 1 aliphatic heterocycles. The molecule has 1 unspecified atom stereocenters. The Kier molecular flexibility index (Phi) is 6.63. The summed E-state index contributed by atoms with van der Waals surface area (Å²) in [5.41, 5.74) is 2.25. The molecule has 1 atom stereocenters. The second-order valence-electron chi connectivity index (χ2n) is 8.03. The molecule has 2 aromatic rings. The average Bonchev–Trinajstić information content (AvgIpc) is 3.19. The average molecular weight is 415 g/mol. The highest BCUT2D eigenvalue weighted by atomic mass is 32.1. The maximum Gasteiger partial charge on any atom is 0.243 e. The van der Waals surface area contributed by atoms with Crippen LogP contribution in [0.4, 0.5) is 0 Å². The van der Waals surface area contributed by atoms with Gasteiger partial charge in [0.2, 0.25) is 11.8 Å². The molecule has 0 fully saturated rings. The molecule has 0 saturated heterocycles. The minimum Gasteiger partial charge on any atom is -0.497 e. The molecular weight excluding hydrogens is 384 g/mol. The predicted octanol–water partition coefficient (Wildman–Crippen LogP) is 4.12. The van der Waals surface area contributed by atoms with Gasteiger partial charge in [0.1, 0.15) is 12.3 Å². The van der Waals surface area contributed by atoms with Gasteiger partial charge in [-0.2, -0.15) is 0 Å². The van der Waals surface area contributed by atoms with Crippen molar-refractivity contribution in [2.75, 3.05) is 20.2 Å². The Bertz CT molecular complexity index is 857. The molecule has 0 radical (unpaired) electrons. The van der Waals surface area contributed by atoms with Gasteiger partial charge < -0.3 is 14.5 Å². The van der Waals surface area contributed by atoms with Gasteiger partial charge >= 0.3 is 0 Å². The summed E-state index contributed by atoms with van der Waals surface area (Å²) in [6.07, 6.45) is 0.852. The van der Waals surface area contributed by atoms with Crippen molar-refractivity contribution in [3.63, 3.8) is 0 Å². The molecular formula is C23H30N2O3S. The lowest BCUT2D eigenvalue weighted by atomic mass is 9.93. The predicted molar refractivity (Wildman–Crippen MR) is 116 cm³/mol. The van der Waals surface area contributed by atoms with Gasteiger partial charge in [0.15, 0.2) is 0 Å². The minimum atomic E-state index is -0.133. The van der Waals surface area contributed by atoms with Gasteiger partial charge in [0, 0.05) is 23.4 Å². The van der Waals surface area contributed by atoms with Gasteiger partial charge in [0.25, 0.3) is 0 Å². The van der Waals surface area contributed by atoms with E-state index in [9.17, 15) is 9.59 Å². The number of carbonyl (C=O) groups excluding carboxylic acids is 2. The van der Waals surface area contributed by atoms with Crippen LogP contribution < -0.4 is 4.74 Å². The van der Waals surface area contributed by atoms with Crippen LogP contribution in [0.3, 0.4) is 0 Å². The van der Waals surface area contributed by atoms with E-state index < -0.39 is 0 Å². The fourth-order valence-electron chi connectivity index (χ4n) is 3.81. The van der Waals surface area contributed by atoms with E-state index in [0.29, 0.717) is 6.54 Å². The van der Waals surface area contributed by atoms with Crippen LogP contribution >= 0.6 is 11.3 Å². The maximum atomic E-state index is 13.4. The first-order valence-corrected chi connectivity index (χ1v) is 11.0. The number of nitrogens with zero attached hydrogens (tertiary/aromatic N) is 2. The number of hydrogen-bond donors (Lipinski definition) is 0. The number of amides is 2. The van der Waals surface area contributed by atoms with Crippen LogP contribution in [0.2, 0.25) is 0 Å².